The van der Waals surface area contributed by atoms with Gasteiger partial charge in [-0.2, -0.15) is 0 Å². The minimum absolute atomic E-state index is 0.00651. The molecule has 1 aliphatic rings. The molecule has 0 aliphatic carbocycles. The van der Waals surface area contributed by atoms with Crippen LogP contribution in [0.3, 0.4) is 0 Å². The van der Waals surface area contributed by atoms with Gasteiger partial charge in [0.15, 0.2) is 0 Å². The normalized spacial score (nSPS) is 14.2. The lowest BCUT2D eigenvalue weighted by atomic mass is 10.2. The molecule has 2 amide bonds. The molecule has 2 rings (SSSR count). The fourth-order valence-electron chi connectivity index (χ4n) is 2.36. The van der Waals surface area contributed by atoms with E-state index in [2.05, 4.69) is 5.32 Å². The van der Waals surface area contributed by atoms with Crippen molar-refractivity contribution in [1.29, 1.82) is 0 Å². The first-order chi connectivity index (χ1) is 11.1. The number of carbonyl (C=O) groups excluding carboxylic acids is 2. The van der Waals surface area contributed by atoms with Crippen molar-refractivity contribution in [3.05, 3.63) is 46.0 Å². The second-order valence-electron chi connectivity index (χ2n) is 5.31. The summed E-state index contributed by atoms with van der Waals surface area (Å²) in [5.41, 5.74) is 0.700. The maximum atomic E-state index is 11.8. The van der Waals surface area contributed by atoms with Crippen LogP contribution in [-0.4, -0.2) is 41.3 Å². The third-order valence-electron chi connectivity index (χ3n) is 3.63. The molecule has 1 aliphatic heterocycles. The van der Waals surface area contributed by atoms with Gasteiger partial charge in [0, 0.05) is 44.3 Å². The van der Waals surface area contributed by atoms with Crippen LogP contribution >= 0.6 is 0 Å². The zero-order chi connectivity index (χ0) is 16.7. The fourth-order valence-corrected chi connectivity index (χ4v) is 2.36. The van der Waals surface area contributed by atoms with E-state index in [1.54, 1.807) is 18.2 Å². The van der Waals surface area contributed by atoms with E-state index in [4.69, 9.17) is 0 Å². The summed E-state index contributed by atoms with van der Waals surface area (Å²) >= 11 is 0. The minimum Gasteiger partial charge on any atom is -0.352 e. The van der Waals surface area contributed by atoms with Gasteiger partial charge >= 0.3 is 0 Å². The van der Waals surface area contributed by atoms with Gasteiger partial charge < -0.3 is 10.2 Å². The zero-order valence-corrected chi connectivity index (χ0v) is 12.7. The van der Waals surface area contributed by atoms with E-state index < -0.39 is 4.92 Å². The Kier molecular flexibility index (Phi) is 5.85. The summed E-state index contributed by atoms with van der Waals surface area (Å²) in [6.07, 6.45) is 5.33. The lowest BCUT2D eigenvalue weighted by molar-refractivity contribution is -0.384. The summed E-state index contributed by atoms with van der Waals surface area (Å²) in [6, 6.07) is 5.90. The second-order valence-corrected chi connectivity index (χ2v) is 5.31. The van der Waals surface area contributed by atoms with E-state index in [1.165, 1.54) is 18.2 Å². The standard InChI is InChI=1S/C16H19N3O4/c20-15(17-10-9-16(21)18-11-1-2-12-18)8-5-13-3-6-14(7-4-13)19(22)23/h3-8H,1-2,9-12H2,(H,17,20)/b8-5+. The van der Waals surface area contributed by atoms with Gasteiger partial charge in [0.1, 0.15) is 0 Å². The number of nitro groups is 1. The molecule has 122 valence electrons. The smallest absolute Gasteiger partial charge is 0.269 e. The fraction of sp³-hybridized carbons (Fsp3) is 0.375. The Morgan fingerprint density at radius 3 is 2.48 bits per heavy atom. The van der Waals surface area contributed by atoms with Gasteiger partial charge in [-0.25, -0.2) is 0 Å². The van der Waals surface area contributed by atoms with Crippen molar-refractivity contribution in [2.24, 2.45) is 0 Å². The highest BCUT2D eigenvalue weighted by molar-refractivity contribution is 5.92. The molecule has 1 aromatic carbocycles. The van der Waals surface area contributed by atoms with Crippen molar-refractivity contribution < 1.29 is 14.5 Å². The number of likely N-dealkylation sites (tertiary alicyclic amines) is 1. The van der Waals surface area contributed by atoms with Crippen LogP contribution in [-0.2, 0) is 9.59 Å². The molecule has 0 spiro atoms. The number of rotatable bonds is 6. The minimum atomic E-state index is -0.475. The zero-order valence-electron chi connectivity index (χ0n) is 12.7. The van der Waals surface area contributed by atoms with Crippen LogP contribution in [0.25, 0.3) is 6.08 Å². The molecule has 0 aromatic heterocycles. The number of benzene rings is 1. The SMILES string of the molecule is O=C(/C=C/c1ccc([N+](=O)[O-])cc1)NCCC(=O)N1CCCC1. The average Bonchev–Trinajstić information content (AvgIpc) is 3.07. The molecular formula is C16H19N3O4. The lowest BCUT2D eigenvalue weighted by Gasteiger charge is -2.14. The van der Waals surface area contributed by atoms with Gasteiger partial charge in [-0.3, -0.25) is 19.7 Å². The molecular weight excluding hydrogens is 298 g/mol. The van der Waals surface area contributed by atoms with Gasteiger partial charge in [0.05, 0.1) is 4.92 Å². The first-order valence-electron chi connectivity index (χ1n) is 7.54. The number of carbonyl (C=O) groups is 2. The molecule has 1 N–H and O–H groups in total. The summed E-state index contributed by atoms with van der Waals surface area (Å²) in [5, 5.41) is 13.2. The second kappa shape index (κ2) is 8.07. The molecule has 0 bridgehead atoms. The highest BCUT2D eigenvalue weighted by Crippen LogP contribution is 2.12. The predicted octanol–water partition coefficient (Wildman–Crippen LogP) is 1.74. The molecule has 0 radical (unpaired) electrons. The quantitative estimate of drug-likeness (QED) is 0.491. The first-order valence-corrected chi connectivity index (χ1v) is 7.54. The molecule has 7 nitrogen and oxygen atoms in total. The predicted molar refractivity (Wildman–Crippen MR) is 85.6 cm³/mol. The summed E-state index contributed by atoms with van der Waals surface area (Å²) in [4.78, 5) is 35.3. The number of hydrogen-bond donors (Lipinski definition) is 1. The van der Waals surface area contributed by atoms with E-state index in [9.17, 15) is 19.7 Å². The summed E-state index contributed by atoms with van der Waals surface area (Å²) < 4.78 is 0. The summed E-state index contributed by atoms with van der Waals surface area (Å²) in [5.74, 6) is -0.222. The molecule has 1 aromatic rings. The van der Waals surface area contributed by atoms with Crippen LogP contribution in [0.15, 0.2) is 30.3 Å². The van der Waals surface area contributed by atoms with Gasteiger partial charge in [0.2, 0.25) is 11.8 Å². The van der Waals surface area contributed by atoms with E-state index >= 15 is 0 Å². The molecule has 1 saturated heterocycles. The highest BCUT2D eigenvalue weighted by atomic mass is 16.6. The molecule has 1 heterocycles. The largest absolute Gasteiger partial charge is 0.352 e. The van der Waals surface area contributed by atoms with Crippen LogP contribution in [0.2, 0.25) is 0 Å². The maximum Gasteiger partial charge on any atom is 0.269 e. The Bertz CT molecular complexity index is 604. The van der Waals surface area contributed by atoms with Crippen molar-refractivity contribution in [3.63, 3.8) is 0 Å². The van der Waals surface area contributed by atoms with Crippen LogP contribution in [0.5, 0.6) is 0 Å². The Morgan fingerprint density at radius 2 is 1.87 bits per heavy atom. The van der Waals surface area contributed by atoms with Gasteiger partial charge in [-0.1, -0.05) is 0 Å². The lowest BCUT2D eigenvalue weighted by Crippen LogP contribution is -2.32. The number of amides is 2. The number of nitrogens with zero attached hydrogens (tertiary/aromatic N) is 2. The Balaban J connectivity index is 1.73. The molecule has 0 unspecified atom stereocenters. The summed E-state index contributed by atoms with van der Waals surface area (Å²) in [7, 11) is 0. The van der Waals surface area contributed by atoms with E-state index in [0.717, 1.165) is 25.9 Å². The van der Waals surface area contributed by atoms with E-state index in [-0.39, 0.29) is 17.5 Å². The van der Waals surface area contributed by atoms with E-state index in [0.29, 0.717) is 18.5 Å². The number of nitrogens with one attached hydrogen (secondary N) is 1. The molecule has 23 heavy (non-hydrogen) atoms. The highest BCUT2D eigenvalue weighted by Gasteiger charge is 2.17. The summed E-state index contributed by atoms with van der Waals surface area (Å²) in [6.45, 7) is 1.93. The molecule has 0 atom stereocenters. The third-order valence-corrected chi connectivity index (χ3v) is 3.63. The van der Waals surface area contributed by atoms with Crippen molar-refractivity contribution in [2.75, 3.05) is 19.6 Å². The Morgan fingerprint density at radius 1 is 1.22 bits per heavy atom. The third kappa shape index (κ3) is 5.21. The molecule has 7 heteroatoms. The Labute approximate surface area is 134 Å². The molecule has 0 saturated carbocycles. The van der Waals surface area contributed by atoms with E-state index in [1.807, 2.05) is 4.90 Å². The molecule has 1 fully saturated rings. The van der Waals surface area contributed by atoms with Crippen molar-refractivity contribution in [2.45, 2.75) is 19.3 Å². The van der Waals surface area contributed by atoms with Crippen LogP contribution < -0.4 is 5.32 Å². The van der Waals surface area contributed by atoms with Crippen molar-refractivity contribution in [1.82, 2.24) is 10.2 Å². The number of hydrogen-bond acceptors (Lipinski definition) is 4. The van der Waals surface area contributed by atoms with Gasteiger partial charge in [-0.15, -0.1) is 0 Å². The van der Waals surface area contributed by atoms with Crippen LogP contribution in [0.4, 0.5) is 5.69 Å². The van der Waals surface area contributed by atoms with Gasteiger partial charge in [0.25, 0.3) is 5.69 Å². The number of non-ortho nitro benzene ring substituents is 1. The monoisotopic (exact) mass is 317 g/mol. The van der Waals surface area contributed by atoms with Crippen LogP contribution in [0.1, 0.15) is 24.8 Å². The van der Waals surface area contributed by atoms with Crippen molar-refractivity contribution >= 4 is 23.6 Å². The van der Waals surface area contributed by atoms with Crippen molar-refractivity contribution in [3.8, 4) is 0 Å². The van der Waals surface area contributed by atoms with Gasteiger partial charge in [-0.05, 0) is 36.6 Å². The van der Waals surface area contributed by atoms with Crippen LogP contribution in [0, 0.1) is 10.1 Å². The average molecular weight is 317 g/mol. The topological polar surface area (TPSA) is 92.5 Å². The Hall–Kier alpha value is -2.70. The number of nitro benzene ring substituents is 1. The first kappa shape index (κ1) is 16.7. The maximum absolute atomic E-state index is 11.8.